The topological polar surface area (TPSA) is 48.1 Å². The molecule has 0 spiro atoms. The van der Waals surface area contributed by atoms with Gasteiger partial charge in [-0.2, -0.15) is 0 Å². The van der Waals surface area contributed by atoms with E-state index in [1.165, 1.54) is 0 Å². The minimum atomic E-state index is -0.0418. The first-order valence-corrected chi connectivity index (χ1v) is 5.87. The van der Waals surface area contributed by atoms with Gasteiger partial charge >= 0.3 is 0 Å². The van der Waals surface area contributed by atoms with Gasteiger partial charge in [-0.1, -0.05) is 0 Å². The van der Waals surface area contributed by atoms with E-state index >= 15 is 0 Å². The first-order chi connectivity index (χ1) is 7.74. The molecule has 16 heavy (non-hydrogen) atoms. The second-order valence-corrected chi connectivity index (χ2v) is 4.40. The van der Waals surface area contributed by atoms with E-state index in [9.17, 15) is 4.79 Å². The average molecular weight is 221 g/mol. The maximum atomic E-state index is 12.3. The second kappa shape index (κ2) is 4.70. The van der Waals surface area contributed by atoms with E-state index < -0.39 is 0 Å². The molecule has 0 radical (unpaired) electrons. The Morgan fingerprint density at radius 3 is 2.94 bits per heavy atom. The molecule has 2 N–H and O–H groups in total. The molecule has 1 amide bonds. The van der Waals surface area contributed by atoms with Gasteiger partial charge in [0.2, 0.25) is 5.91 Å². The molecular formula is C12H19N3O. The highest BCUT2D eigenvalue weighted by Gasteiger charge is 2.30. The summed E-state index contributed by atoms with van der Waals surface area (Å²) < 4.78 is 0. The van der Waals surface area contributed by atoms with Crippen LogP contribution in [0.25, 0.3) is 0 Å². The number of aromatic nitrogens is 1. The Labute approximate surface area is 96.0 Å². The smallest absolute Gasteiger partial charge is 0.244 e. The third kappa shape index (κ3) is 1.97. The second-order valence-electron chi connectivity index (χ2n) is 4.40. The largest absolute Gasteiger partial charge is 0.366 e. The minimum Gasteiger partial charge on any atom is -0.366 e. The van der Waals surface area contributed by atoms with Crippen molar-refractivity contribution in [3.8, 4) is 0 Å². The molecule has 0 saturated carbocycles. The molecule has 1 aliphatic heterocycles. The molecule has 0 aliphatic carbocycles. The van der Waals surface area contributed by atoms with Crippen LogP contribution in [0.4, 0.5) is 5.69 Å². The van der Waals surface area contributed by atoms with Crippen LogP contribution in [0.1, 0.15) is 26.2 Å². The number of hydrogen-bond donors (Lipinski definition) is 2. The Hall–Kier alpha value is -1.29. The number of hydrogen-bond acceptors (Lipinski definition) is 2. The molecule has 1 aromatic heterocycles. The molecule has 1 aromatic rings. The third-order valence-electron chi connectivity index (χ3n) is 3.30. The fourth-order valence-electron chi connectivity index (χ4n) is 2.37. The van der Waals surface area contributed by atoms with Gasteiger partial charge in [0.15, 0.2) is 0 Å². The van der Waals surface area contributed by atoms with E-state index in [0.29, 0.717) is 0 Å². The van der Waals surface area contributed by atoms with Gasteiger partial charge in [-0.15, -0.1) is 0 Å². The lowest BCUT2D eigenvalue weighted by molar-refractivity contribution is -0.120. The van der Waals surface area contributed by atoms with Gasteiger partial charge in [0.25, 0.3) is 0 Å². The maximum Gasteiger partial charge on any atom is 0.244 e. The van der Waals surface area contributed by atoms with Gasteiger partial charge in [0.05, 0.1) is 11.7 Å². The number of H-pyrrole nitrogens is 1. The van der Waals surface area contributed by atoms with E-state index in [1.54, 1.807) is 0 Å². The molecule has 2 unspecified atom stereocenters. The van der Waals surface area contributed by atoms with E-state index in [-0.39, 0.29) is 18.0 Å². The highest BCUT2D eigenvalue weighted by Crippen LogP contribution is 2.24. The third-order valence-corrected chi connectivity index (χ3v) is 3.30. The van der Waals surface area contributed by atoms with E-state index in [2.05, 4.69) is 17.2 Å². The van der Waals surface area contributed by atoms with E-state index in [4.69, 9.17) is 0 Å². The lowest BCUT2D eigenvalue weighted by Gasteiger charge is -2.28. The lowest BCUT2D eigenvalue weighted by Crippen LogP contribution is -2.47. The van der Waals surface area contributed by atoms with Crippen molar-refractivity contribution >= 4 is 11.6 Å². The fourth-order valence-corrected chi connectivity index (χ4v) is 2.37. The zero-order valence-corrected chi connectivity index (χ0v) is 9.86. The van der Waals surface area contributed by atoms with Crippen molar-refractivity contribution in [2.45, 2.75) is 38.3 Å². The first-order valence-electron chi connectivity index (χ1n) is 5.87. The average Bonchev–Trinajstić information content (AvgIpc) is 2.73. The van der Waals surface area contributed by atoms with Gasteiger partial charge in [-0.3, -0.25) is 4.79 Å². The molecule has 4 heteroatoms. The van der Waals surface area contributed by atoms with Crippen LogP contribution < -0.4 is 10.2 Å². The summed E-state index contributed by atoms with van der Waals surface area (Å²) in [6, 6.07) is 2.19. The Balaban J connectivity index is 2.27. The van der Waals surface area contributed by atoms with Crippen LogP contribution in [-0.4, -0.2) is 30.0 Å². The van der Waals surface area contributed by atoms with Crippen LogP contribution in [0.15, 0.2) is 18.5 Å². The molecule has 2 rings (SSSR count). The molecule has 1 fully saturated rings. The zero-order valence-electron chi connectivity index (χ0n) is 9.86. The van der Waals surface area contributed by atoms with Gasteiger partial charge in [0.1, 0.15) is 0 Å². The standard InChI is InChI=1S/C12H19N3O/c1-9-4-3-5-11(13-2)12(16)15(9)10-6-7-14-8-10/h6-9,11,13-14H,3-5H2,1-2H3. The highest BCUT2D eigenvalue weighted by molar-refractivity contribution is 5.97. The number of carbonyl (C=O) groups is 1. The number of likely N-dealkylation sites (N-methyl/N-ethyl adjacent to an activating group) is 1. The van der Waals surface area contributed by atoms with Crippen molar-refractivity contribution in [1.82, 2.24) is 10.3 Å². The Morgan fingerprint density at radius 2 is 2.31 bits per heavy atom. The number of anilines is 1. The number of amides is 1. The van der Waals surface area contributed by atoms with Crippen molar-refractivity contribution in [3.05, 3.63) is 18.5 Å². The summed E-state index contributed by atoms with van der Waals surface area (Å²) in [7, 11) is 1.86. The van der Waals surface area contributed by atoms with Crippen molar-refractivity contribution in [2.75, 3.05) is 11.9 Å². The zero-order chi connectivity index (χ0) is 11.5. The maximum absolute atomic E-state index is 12.3. The van der Waals surface area contributed by atoms with Crippen LogP contribution in [0, 0.1) is 0 Å². The van der Waals surface area contributed by atoms with Crippen LogP contribution in [0.3, 0.4) is 0 Å². The van der Waals surface area contributed by atoms with Gasteiger partial charge in [0, 0.05) is 18.4 Å². The highest BCUT2D eigenvalue weighted by atomic mass is 16.2. The molecule has 4 nitrogen and oxygen atoms in total. The van der Waals surface area contributed by atoms with Crippen molar-refractivity contribution in [2.24, 2.45) is 0 Å². The molecule has 88 valence electrons. The van der Waals surface area contributed by atoms with Crippen LogP contribution in [-0.2, 0) is 4.79 Å². The minimum absolute atomic E-state index is 0.0418. The molecule has 2 heterocycles. The molecule has 1 saturated heterocycles. The van der Waals surface area contributed by atoms with Crippen LogP contribution in [0.5, 0.6) is 0 Å². The van der Waals surface area contributed by atoms with Crippen LogP contribution in [0.2, 0.25) is 0 Å². The summed E-state index contributed by atoms with van der Waals surface area (Å²) in [5, 5.41) is 3.10. The summed E-state index contributed by atoms with van der Waals surface area (Å²) in [6.45, 7) is 2.11. The predicted octanol–water partition coefficient (Wildman–Crippen LogP) is 1.51. The number of nitrogens with one attached hydrogen (secondary N) is 2. The van der Waals surface area contributed by atoms with E-state index in [0.717, 1.165) is 24.9 Å². The van der Waals surface area contributed by atoms with Crippen LogP contribution >= 0.6 is 0 Å². The van der Waals surface area contributed by atoms with Crippen molar-refractivity contribution in [1.29, 1.82) is 0 Å². The van der Waals surface area contributed by atoms with E-state index in [1.807, 2.05) is 30.4 Å². The lowest BCUT2D eigenvalue weighted by atomic mass is 10.1. The molecule has 0 aromatic carbocycles. The van der Waals surface area contributed by atoms with Crippen molar-refractivity contribution in [3.63, 3.8) is 0 Å². The normalized spacial score (nSPS) is 26.9. The predicted molar refractivity (Wildman–Crippen MR) is 64.4 cm³/mol. The number of rotatable bonds is 2. The molecular weight excluding hydrogens is 202 g/mol. The molecule has 2 atom stereocenters. The SMILES string of the molecule is CNC1CCCC(C)N(c2cc[nH]c2)C1=O. The summed E-state index contributed by atoms with van der Waals surface area (Å²) in [5.41, 5.74) is 0.972. The Bertz CT molecular complexity index is 347. The summed E-state index contributed by atoms with van der Waals surface area (Å²) in [6.07, 6.45) is 6.83. The van der Waals surface area contributed by atoms with Gasteiger partial charge < -0.3 is 15.2 Å². The Morgan fingerprint density at radius 1 is 1.50 bits per heavy atom. The molecule has 1 aliphatic rings. The van der Waals surface area contributed by atoms with Gasteiger partial charge in [-0.25, -0.2) is 0 Å². The summed E-state index contributed by atoms with van der Waals surface area (Å²) in [5.74, 6) is 0.187. The first kappa shape index (κ1) is 11.2. The number of carbonyl (C=O) groups excluding carboxylic acids is 1. The van der Waals surface area contributed by atoms with Crippen molar-refractivity contribution < 1.29 is 4.79 Å². The summed E-state index contributed by atoms with van der Waals surface area (Å²) in [4.78, 5) is 17.2. The summed E-state index contributed by atoms with van der Waals surface area (Å²) >= 11 is 0. The fraction of sp³-hybridized carbons (Fsp3) is 0.583. The number of nitrogens with zero attached hydrogens (tertiary/aromatic N) is 1. The Kier molecular flexibility index (Phi) is 3.29. The quantitative estimate of drug-likeness (QED) is 0.795. The number of aromatic amines is 1. The van der Waals surface area contributed by atoms with Gasteiger partial charge in [-0.05, 0) is 39.3 Å². The monoisotopic (exact) mass is 221 g/mol. The molecule has 0 bridgehead atoms.